The van der Waals surface area contributed by atoms with Crippen LogP contribution in [0.15, 0.2) is 6.07 Å². The zero-order valence-corrected chi connectivity index (χ0v) is 15.0. The topological polar surface area (TPSA) is 66.4 Å². The summed E-state index contributed by atoms with van der Waals surface area (Å²) in [6, 6.07) is 2.18. The quantitative estimate of drug-likeness (QED) is 0.766. The molecule has 1 aromatic rings. The molecule has 4 nitrogen and oxygen atoms in total. The van der Waals surface area contributed by atoms with Crippen molar-refractivity contribution >= 4 is 23.2 Å². The van der Waals surface area contributed by atoms with E-state index < -0.39 is 11.5 Å². The highest BCUT2D eigenvalue weighted by Gasteiger charge is 2.32. The number of hydrogen-bond donors (Lipinski definition) is 2. The Morgan fingerprint density at radius 1 is 1.36 bits per heavy atom. The van der Waals surface area contributed by atoms with Crippen molar-refractivity contribution in [3.8, 4) is 0 Å². The maximum absolute atomic E-state index is 12.1. The molecule has 5 heteroatoms. The van der Waals surface area contributed by atoms with Crippen molar-refractivity contribution in [2.24, 2.45) is 5.92 Å². The number of rotatable bonds is 8. The van der Waals surface area contributed by atoms with Crippen LogP contribution in [0.3, 0.4) is 0 Å². The van der Waals surface area contributed by atoms with Gasteiger partial charge in [0.1, 0.15) is 0 Å². The van der Waals surface area contributed by atoms with Crippen LogP contribution < -0.4 is 5.32 Å². The van der Waals surface area contributed by atoms with Crippen LogP contribution in [0, 0.1) is 19.8 Å². The fraction of sp³-hybridized carbons (Fsp3) is 0.647. The zero-order valence-electron chi connectivity index (χ0n) is 14.2. The van der Waals surface area contributed by atoms with Gasteiger partial charge in [0.05, 0.1) is 6.42 Å². The van der Waals surface area contributed by atoms with Gasteiger partial charge in [-0.15, -0.1) is 11.3 Å². The SMILES string of the molecule is Cc1cc(CCCC(=O)NC(C)(CC(=O)O)C(C)C)c(C)s1. The van der Waals surface area contributed by atoms with Gasteiger partial charge in [-0.3, -0.25) is 9.59 Å². The van der Waals surface area contributed by atoms with Crippen LogP contribution in [-0.4, -0.2) is 22.5 Å². The molecule has 22 heavy (non-hydrogen) atoms. The molecule has 1 unspecified atom stereocenters. The van der Waals surface area contributed by atoms with Gasteiger partial charge in [0.2, 0.25) is 5.91 Å². The van der Waals surface area contributed by atoms with Crippen molar-refractivity contribution in [1.29, 1.82) is 0 Å². The van der Waals surface area contributed by atoms with Gasteiger partial charge >= 0.3 is 5.97 Å². The molecule has 0 spiro atoms. The van der Waals surface area contributed by atoms with E-state index in [2.05, 4.69) is 25.2 Å². The average molecular weight is 325 g/mol. The predicted molar refractivity (Wildman–Crippen MR) is 90.4 cm³/mol. The largest absolute Gasteiger partial charge is 0.481 e. The molecular formula is C17H27NO3S. The molecule has 0 aliphatic carbocycles. The second kappa shape index (κ2) is 7.77. The van der Waals surface area contributed by atoms with Gasteiger partial charge in [0, 0.05) is 21.7 Å². The summed E-state index contributed by atoms with van der Waals surface area (Å²) in [6.07, 6.45) is 2.04. The molecular weight excluding hydrogens is 298 g/mol. The lowest BCUT2D eigenvalue weighted by Crippen LogP contribution is -2.51. The number of aryl methyl sites for hydroxylation is 3. The van der Waals surface area contributed by atoms with E-state index in [-0.39, 0.29) is 18.2 Å². The number of aliphatic carboxylic acids is 1. The number of carbonyl (C=O) groups is 2. The Bertz CT molecular complexity index is 536. The maximum atomic E-state index is 12.1. The summed E-state index contributed by atoms with van der Waals surface area (Å²) in [5.74, 6) is -0.891. The van der Waals surface area contributed by atoms with Crippen molar-refractivity contribution in [1.82, 2.24) is 5.32 Å². The van der Waals surface area contributed by atoms with E-state index in [4.69, 9.17) is 5.11 Å². The Balaban J connectivity index is 2.51. The molecule has 0 aliphatic heterocycles. The molecule has 0 bridgehead atoms. The van der Waals surface area contributed by atoms with E-state index >= 15 is 0 Å². The van der Waals surface area contributed by atoms with Gasteiger partial charge in [0.15, 0.2) is 0 Å². The predicted octanol–water partition coefficient (Wildman–Crippen LogP) is 3.69. The molecule has 1 atom stereocenters. The summed E-state index contributed by atoms with van der Waals surface area (Å²) >= 11 is 1.78. The molecule has 1 amide bonds. The highest BCUT2D eigenvalue weighted by Crippen LogP contribution is 2.23. The third-order valence-corrected chi connectivity index (χ3v) is 5.22. The molecule has 0 aliphatic rings. The Labute approximate surface area is 136 Å². The Morgan fingerprint density at radius 2 is 2.00 bits per heavy atom. The number of amides is 1. The lowest BCUT2D eigenvalue weighted by Gasteiger charge is -2.33. The van der Waals surface area contributed by atoms with Crippen molar-refractivity contribution < 1.29 is 14.7 Å². The van der Waals surface area contributed by atoms with Crippen molar-refractivity contribution in [2.75, 3.05) is 0 Å². The number of carbonyl (C=O) groups excluding carboxylic acids is 1. The Kier molecular flexibility index (Phi) is 6.60. The van der Waals surface area contributed by atoms with Gasteiger partial charge in [-0.2, -0.15) is 0 Å². The summed E-state index contributed by atoms with van der Waals surface area (Å²) in [4.78, 5) is 25.7. The summed E-state index contributed by atoms with van der Waals surface area (Å²) in [5, 5.41) is 11.9. The maximum Gasteiger partial charge on any atom is 0.305 e. The normalized spacial score (nSPS) is 13.9. The molecule has 1 rings (SSSR count). The van der Waals surface area contributed by atoms with Crippen molar-refractivity contribution in [3.05, 3.63) is 21.4 Å². The van der Waals surface area contributed by atoms with Crippen LogP contribution in [-0.2, 0) is 16.0 Å². The van der Waals surface area contributed by atoms with Crippen LogP contribution in [0.25, 0.3) is 0 Å². The number of thiophene rings is 1. The molecule has 0 fully saturated rings. The summed E-state index contributed by atoms with van der Waals surface area (Å²) in [7, 11) is 0. The van der Waals surface area contributed by atoms with E-state index in [1.54, 1.807) is 18.3 Å². The van der Waals surface area contributed by atoms with Crippen molar-refractivity contribution in [3.63, 3.8) is 0 Å². The first kappa shape index (κ1) is 18.7. The third kappa shape index (κ3) is 5.44. The first-order valence-electron chi connectivity index (χ1n) is 7.73. The highest BCUT2D eigenvalue weighted by molar-refractivity contribution is 7.12. The van der Waals surface area contributed by atoms with Crippen LogP contribution in [0.1, 0.15) is 55.4 Å². The van der Waals surface area contributed by atoms with E-state index in [9.17, 15) is 9.59 Å². The lowest BCUT2D eigenvalue weighted by atomic mass is 9.85. The minimum atomic E-state index is -0.888. The van der Waals surface area contributed by atoms with Gasteiger partial charge in [-0.1, -0.05) is 13.8 Å². The molecule has 1 heterocycles. The van der Waals surface area contributed by atoms with Gasteiger partial charge in [-0.05, 0) is 51.2 Å². The molecule has 0 saturated carbocycles. The fourth-order valence-corrected chi connectivity index (χ4v) is 3.44. The molecule has 2 N–H and O–H groups in total. The standard InChI is InChI=1S/C17H27NO3S/c1-11(2)17(5,10-16(20)21)18-15(19)8-6-7-14-9-12(3)22-13(14)4/h9,11H,6-8,10H2,1-5H3,(H,18,19)(H,20,21). The van der Waals surface area contributed by atoms with E-state index in [1.807, 2.05) is 13.8 Å². The van der Waals surface area contributed by atoms with Gasteiger partial charge in [-0.25, -0.2) is 0 Å². The minimum Gasteiger partial charge on any atom is -0.481 e. The molecule has 0 aromatic carbocycles. The number of carboxylic acids is 1. The number of hydrogen-bond acceptors (Lipinski definition) is 3. The minimum absolute atomic E-state index is 0.0563. The Morgan fingerprint density at radius 3 is 2.45 bits per heavy atom. The monoisotopic (exact) mass is 325 g/mol. The highest BCUT2D eigenvalue weighted by atomic mass is 32.1. The summed E-state index contributed by atoms with van der Waals surface area (Å²) in [5.41, 5.74) is 0.616. The third-order valence-electron chi connectivity index (χ3n) is 4.21. The van der Waals surface area contributed by atoms with Crippen LogP contribution in [0.2, 0.25) is 0 Å². The first-order valence-corrected chi connectivity index (χ1v) is 8.54. The first-order chi connectivity index (χ1) is 10.1. The molecule has 1 aromatic heterocycles. The number of nitrogens with one attached hydrogen (secondary N) is 1. The van der Waals surface area contributed by atoms with E-state index in [0.717, 1.165) is 12.8 Å². The smallest absolute Gasteiger partial charge is 0.305 e. The summed E-state index contributed by atoms with van der Waals surface area (Å²) in [6.45, 7) is 9.86. The van der Waals surface area contributed by atoms with Crippen LogP contribution in [0.4, 0.5) is 0 Å². The van der Waals surface area contributed by atoms with Crippen LogP contribution in [0.5, 0.6) is 0 Å². The average Bonchev–Trinajstić information content (AvgIpc) is 2.66. The molecule has 0 saturated heterocycles. The number of carboxylic acid groups (broad SMARTS) is 1. The zero-order chi connectivity index (χ0) is 16.9. The molecule has 0 radical (unpaired) electrons. The van der Waals surface area contributed by atoms with Gasteiger partial charge in [0.25, 0.3) is 0 Å². The molecule has 124 valence electrons. The second-order valence-electron chi connectivity index (χ2n) is 6.48. The van der Waals surface area contributed by atoms with E-state index in [1.165, 1.54) is 15.3 Å². The van der Waals surface area contributed by atoms with Crippen LogP contribution >= 0.6 is 11.3 Å². The van der Waals surface area contributed by atoms with Gasteiger partial charge < -0.3 is 10.4 Å². The summed E-state index contributed by atoms with van der Waals surface area (Å²) < 4.78 is 0. The lowest BCUT2D eigenvalue weighted by molar-refractivity contribution is -0.139. The van der Waals surface area contributed by atoms with Crippen molar-refractivity contribution in [2.45, 2.75) is 65.8 Å². The Hall–Kier alpha value is -1.36. The fourth-order valence-electron chi connectivity index (χ4n) is 2.46. The second-order valence-corrected chi connectivity index (χ2v) is 7.94. The van der Waals surface area contributed by atoms with E-state index in [0.29, 0.717) is 6.42 Å².